The smallest absolute Gasteiger partial charge is 0.416 e. The van der Waals surface area contributed by atoms with E-state index in [0.29, 0.717) is 35.5 Å². The highest BCUT2D eigenvalue weighted by Crippen LogP contribution is 2.45. The summed E-state index contributed by atoms with van der Waals surface area (Å²) in [5, 5.41) is 3.01. The fourth-order valence-corrected chi connectivity index (χ4v) is 5.37. The van der Waals surface area contributed by atoms with Gasteiger partial charge in [0, 0.05) is 23.1 Å². The lowest BCUT2D eigenvalue weighted by Gasteiger charge is -2.44. The number of amides is 1. The average molecular weight is 493 g/mol. The highest BCUT2D eigenvalue weighted by Gasteiger charge is 2.41. The van der Waals surface area contributed by atoms with E-state index in [1.165, 1.54) is 0 Å². The first kappa shape index (κ1) is 23.9. The van der Waals surface area contributed by atoms with Crippen LogP contribution >= 0.6 is 0 Å². The highest BCUT2D eigenvalue weighted by atomic mass is 19.4. The van der Waals surface area contributed by atoms with Gasteiger partial charge in [0.2, 0.25) is 0 Å². The zero-order valence-corrected chi connectivity index (χ0v) is 19.6. The van der Waals surface area contributed by atoms with Crippen molar-refractivity contribution in [2.75, 3.05) is 26.2 Å². The summed E-state index contributed by atoms with van der Waals surface area (Å²) in [5.41, 5.74) is -0.338. The summed E-state index contributed by atoms with van der Waals surface area (Å²) >= 11 is 0. The lowest BCUT2D eigenvalue weighted by Crippen LogP contribution is -2.53. The van der Waals surface area contributed by atoms with Gasteiger partial charge >= 0.3 is 12.3 Å². The maximum Gasteiger partial charge on any atom is 0.416 e. The Morgan fingerprint density at radius 1 is 1.14 bits per heavy atom. The molecule has 0 aromatic heterocycles. The third-order valence-corrected chi connectivity index (χ3v) is 7.43. The molecule has 1 unspecified atom stereocenters. The minimum absolute atomic E-state index is 0.0421. The Morgan fingerprint density at radius 3 is 2.51 bits per heavy atom. The summed E-state index contributed by atoms with van der Waals surface area (Å²) in [4.78, 5) is 15.2. The Hall–Kier alpha value is -2.81. The summed E-state index contributed by atoms with van der Waals surface area (Å²) in [6.45, 7) is 7.09. The molecule has 4 aliphatic rings. The van der Waals surface area contributed by atoms with Gasteiger partial charge in [-0.05, 0) is 55.6 Å². The summed E-state index contributed by atoms with van der Waals surface area (Å²) in [6.07, 6.45) is -3.15. The van der Waals surface area contributed by atoms with E-state index in [9.17, 15) is 22.4 Å². The first-order chi connectivity index (χ1) is 16.5. The number of ether oxygens (including phenoxy) is 2. The number of nitrogens with zero attached hydrogens (tertiary/aromatic N) is 1. The van der Waals surface area contributed by atoms with Crippen LogP contribution in [-0.4, -0.2) is 43.3 Å². The quantitative estimate of drug-likeness (QED) is 0.551. The van der Waals surface area contributed by atoms with Gasteiger partial charge < -0.3 is 14.8 Å². The first-order valence-corrected chi connectivity index (χ1v) is 11.8. The number of alkyl halides is 3. The van der Waals surface area contributed by atoms with Gasteiger partial charge in [0.15, 0.2) is 0 Å². The van der Waals surface area contributed by atoms with Gasteiger partial charge in [0.1, 0.15) is 17.7 Å². The molecule has 35 heavy (non-hydrogen) atoms. The molecule has 4 aliphatic heterocycles. The van der Waals surface area contributed by atoms with E-state index < -0.39 is 35.1 Å². The number of hydrogen-bond acceptors (Lipinski definition) is 4. The molecule has 3 fully saturated rings. The van der Waals surface area contributed by atoms with Crippen molar-refractivity contribution in [1.82, 2.24) is 10.2 Å². The van der Waals surface area contributed by atoms with E-state index in [4.69, 9.17) is 9.47 Å². The Morgan fingerprint density at radius 2 is 1.89 bits per heavy atom. The van der Waals surface area contributed by atoms with Gasteiger partial charge in [-0.15, -0.1) is 0 Å². The van der Waals surface area contributed by atoms with Crippen LogP contribution in [0.3, 0.4) is 0 Å². The van der Waals surface area contributed by atoms with Gasteiger partial charge in [-0.1, -0.05) is 32.0 Å². The van der Waals surface area contributed by atoms with E-state index in [-0.39, 0.29) is 11.7 Å². The topological polar surface area (TPSA) is 50.8 Å². The number of benzene rings is 2. The van der Waals surface area contributed by atoms with Crippen LogP contribution in [0.15, 0.2) is 36.4 Å². The van der Waals surface area contributed by atoms with Crippen molar-refractivity contribution < 1.29 is 31.8 Å². The SMILES string of the molecule is CC1(C)COc2cc(-c3ccc(C(F)(F)F)cc3F)ccc2C1NC(=O)O[C@H]1CN2CCC1CC2. The first-order valence-electron chi connectivity index (χ1n) is 11.8. The van der Waals surface area contributed by atoms with Crippen LogP contribution < -0.4 is 10.1 Å². The molecule has 0 aliphatic carbocycles. The molecule has 4 heterocycles. The molecule has 188 valence electrons. The molecule has 0 saturated carbocycles. The second-order valence-electron chi connectivity index (χ2n) is 10.4. The predicted molar refractivity (Wildman–Crippen MR) is 121 cm³/mol. The number of hydrogen-bond donors (Lipinski definition) is 1. The third kappa shape index (κ3) is 4.70. The number of carbonyl (C=O) groups excluding carboxylic acids is 1. The molecule has 6 rings (SSSR count). The van der Waals surface area contributed by atoms with Crippen LogP contribution in [-0.2, 0) is 10.9 Å². The molecule has 2 aromatic carbocycles. The van der Waals surface area contributed by atoms with Gasteiger partial charge in [-0.3, -0.25) is 4.90 Å². The van der Waals surface area contributed by atoms with Gasteiger partial charge in [-0.25, -0.2) is 9.18 Å². The summed E-state index contributed by atoms with van der Waals surface area (Å²) in [5.74, 6) is -0.122. The lowest BCUT2D eigenvalue weighted by atomic mass is 9.78. The normalized spacial score (nSPS) is 27.0. The molecule has 5 nitrogen and oxygen atoms in total. The number of fused-ring (bicyclic) bond motifs is 4. The van der Waals surface area contributed by atoms with Crippen molar-refractivity contribution in [3.63, 3.8) is 0 Å². The Kier molecular flexibility index (Phi) is 5.94. The van der Waals surface area contributed by atoms with Crippen molar-refractivity contribution in [2.24, 2.45) is 11.3 Å². The molecular formula is C26H28F4N2O3. The molecule has 1 N–H and O–H groups in total. The van der Waals surface area contributed by atoms with E-state index in [1.54, 1.807) is 18.2 Å². The van der Waals surface area contributed by atoms with E-state index in [0.717, 1.165) is 44.6 Å². The second kappa shape index (κ2) is 8.69. The molecule has 0 spiro atoms. The van der Waals surface area contributed by atoms with Crippen LogP contribution in [0.5, 0.6) is 5.75 Å². The number of nitrogens with one attached hydrogen (secondary N) is 1. The molecule has 2 atom stereocenters. The number of rotatable bonds is 3. The molecule has 9 heteroatoms. The van der Waals surface area contributed by atoms with Crippen molar-refractivity contribution >= 4 is 6.09 Å². The monoisotopic (exact) mass is 492 g/mol. The van der Waals surface area contributed by atoms with Crippen LogP contribution in [0.2, 0.25) is 0 Å². The number of piperidine rings is 3. The Balaban J connectivity index is 1.36. The molecule has 2 bridgehead atoms. The summed E-state index contributed by atoms with van der Waals surface area (Å²) < 4.78 is 65.0. The fourth-order valence-electron chi connectivity index (χ4n) is 5.37. The molecule has 2 aromatic rings. The van der Waals surface area contributed by atoms with Crippen molar-refractivity contribution in [3.05, 3.63) is 53.3 Å². The van der Waals surface area contributed by atoms with Crippen molar-refractivity contribution in [1.29, 1.82) is 0 Å². The number of alkyl carbamates (subject to hydrolysis) is 1. The minimum Gasteiger partial charge on any atom is -0.493 e. The van der Waals surface area contributed by atoms with E-state index >= 15 is 0 Å². The van der Waals surface area contributed by atoms with E-state index in [2.05, 4.69) is 10.2 Å². The average Bonchev–Trinajstić information content (AvgIpc) is 2.81. The zero-order valence-electron chi connectivity index (χ0n) is 19.6. The van der Waals surface area contributed by atoms with Gasteiger partial charge in [0.05, 0.1) is 18.2 Å². The number of carbonyl (C=O) groups is 1. The standard InChI is InChI=1S/C26H28F4N2O3/c1-25(2)14-34-21-11-16(18-6-4-17(12-20(18)27)26(28,29)30)3-5-19(21)23(25)31-24(33)35-22-13-32-9-7-15(22)8-10-32/h3-6,11-12,15,22-23H,7-10,13-14H2,1-2H3,(H,31,33)/t22-,23?/m0/s1. The van der Waals surface area contributed by atoms with Crippen molar-refractivity contribution in [3.8, 4) is 16.9 Å². The van der Waals surface area contributed by atoms with Gasteiger partial charge in [-0.2, -0.15) is 13.2 Å². The van der Waals surface area contributed by atoms with Crippen LogP contribution in [0.25, 0.3) is 11.1 Å². The highest BCUT2D eigenvalue weighted by molar-refractivity contribution is 5.71. The third-order valence-electron chi connectivity index (χ3n) is 7.43. The lowest BCUT2D eigenvalue weighted by molar-refractivity contribution is -0.137. The Labute approximate surface area is 201 Å². The van der Waals surface area contributed by atoms with Crippen LogP contribution in [0, 0.1) is 17.2 Å². The zero-order chi connectivity index (χ0) is 25.0. The largest absolute Gasteiger partial charge is 0.493 e. The van der Waals surface area contributed by atoms with Crippen LogP contribution in [0.1, 0.15) is 43.9 Å². The molecular weight excluding hydrogens is 464 g/mol. The summed E-state index contributed by atoms with van der Waals surface area (Å²) in [7, 11) is 0. The predicted octanol–water partition coefficient (Wildman–Crippen LogP) is 5.79. The molecule has 0 radical (unpaired) electrons. The fraction of sp³-hybridized carbons (Fsp3) is 0.500. The van der Waals surface area contributed by atoms with E-state index in [1.807, 2.05) is 13.8 Å². The maximum absolute atomic E-state index is 14.5. The maximum atomic E-state index is 14.5. The Bertz CT molecular complexity index is 1130. The van der Waals surface area contributed by atoms with Crippen LogP contribution in [0.4, 0.5) is 22.4 Å². The second-order valence-corrected chi connectivity index (χ2v) is 10.4. The summed E-state index contributed by atoms with van der Waals surface area (Å²) in [6, 6.07) is 7.01. The number of halogens is 4. The van der Waals surface area contributed by atoms with Gasteiger partial charge in [0.25, 0.3) is 0 Å². The molecule has 3 saturated heterocycles. The molecule has 1 amide bonds. The van der Waals surface area contributed by atoms with Crippen molar-refractivity contribution in [2.45, 2.75) is 45.0 Å². The minimum atomic E-state index is -4.62.